The standard InChI is InChI=1S/C19H21F2N5O5/c1-29-8-12(17(22)27)23-10-2-3-11-14(6-10)30-5-4-25-7-15(24-18(11)25)26-13(16(20)21)9-31-19(26)28/h2-3,6-7,12-13,16,23H,4-5,8-9H2,1H3,(H2,22,27)/t12-,13-/m0/s1. The van der Waals surface area contributed by atoms with E-state index in [-0.39, 0.29) is 12.4 Å². The molecule has 31 heavy (non-hydrogen) atoms. The lowest BCUT2D eigenvalue weighted by Gasteiger charge is -2.18. The molecule has 2 aliphatic rings. The van der Waals surface area contributed by atoms with Gasteiger partial charge in [0.15, 0.2) is 5.82 Å². The number of primary amides is 1. The van der Waals surface area contributed by atoms with Crippen LogP contribution >= 0.6 is 0 Å². The zero-order valence-electron chi connectivity index (χ0n) is 16.6. The quantitative estimate of drug-likeness (QED) is 0.672. The maximum Gasteiger partial charge on any atom is 0.416 e. The van der Waals surface area contributed by atoms with Crippen LogP contribution in [-0.2, 0) is 20.8 Å². The van der Waals surface area contributed by atoms with Crippen molar-refractivity contribution in [2.24, 2.45) is 5.73 Å². The molecule has 2 aromatic rings. The van der Waals surface area contributed by atoms with Crippen LogP contribution in [0, 0.1) is 0 Å². The molecule has 1 aromatic carbocycles. The summed E-state index contributed by atoms with van der Waals surface area (Å²) in [4.78, 5) is 28.9. The minimum Gasteiger partial charge on any atom is -0.491 e. The van der Waals surface area contributed by atoms with Crippen LogP contribution in [0.1, 0.15) is 0 Å². The fraction of sp³-hybridized carbons (Fsp3) is 0.421. The van der Waals surface area contributed by atoms with Crippen molar-refractivity contribution in [1.29, 1.82) is 0 Å². The van der Waals surface area contributed by atoms with Crippen LogP contribution in [0.15, 0.2) is 24.4 Å². The number of methoxy groups -OCH3 is 1. The normalized spacial score (nSPS) is 18.6. The summed E-state index contributed by atoms with van der Waals surface area (Å²) in [6.07, 6.45) is -2.09. The van der Waals surface area contributed by atoms with Crippen molar-refractivity contribution < 1.29 is 32.6 Å². The first-order valence-electron chi connectivity index (χ1n) is 9.52. The number of hydrogen-bond donors (Lipinski definition) is 2. The number of carbonyl (C=O) groups is 2. The van der Waals surface area contributed by atoms with Crippen molar-refractivity contribution in [3.63, 3.8) is 0 Å². The lowest BCUT2D eigenvalue weighted by atomic mass is 10.1. The molecule has 12 heteroatoms. The Morgan fingerprint density at radius 3 is 2.94 bits per heavy atom. The van der Waals surface area contributed by atoms with Crippen LogP contribution in [0.4, 0.5) is 25.1 Å². The molecule has 1 saturated heterocycles. The Kier molecular flexibility index (Phi) is 5.63. The van der Waals surface area contributed by atoms with Gasteiger partial charge in [0.2, 0.25) is 5.91 Å². The number of nitrogens with two attached hydrogens (primary N) is 1. The van der Waals surface area contributed by atoms with E-state index in [1.807, 2.05) is 0 Å². The molecule has 4 rings (SSSR count). The third-order valence-electron chi connectivity index (χ3n) is 5.04. The molecule has 1 aromatic heterocycles. The van der Waals surface area contributed by atoms with Crippen LogP contribution in [0.25, 0.3) is 11.4 Å². The molecule has 0 radical (unpaired) electrons. The molecule has 0 saturated carbocycles. The Morgan fingerprint density at radius 2 is 2.23 bits per heavy atom. The van der Waals surface area contributed by atoms with E-state index in [4.69, 9.17) is 19.9 Å². The Morgan fingerprint density at radius 1 is 1.42 bits per heavy atom. The number of cyclic esters (lactones) is 1. The lowest BCUT2D eigenvalue weighted by Crippen LogP contribution is -2.39. The molecule has 1 fully saturated rings. The molecule has 2 amide bonds. The van der Waals surface area contributed by atoms with Gasteiger partial charge in [0.25, 0.3) is 6.43 Å². The summed E-state index contributed by atoms with van der Waals surface area (Å²) in [5.74, 6) is 0.469. The zero-order valence-corrected chi connectivity index (χ0v) is 16.6. The van der Waals surface area contributed by atoms with Gasteiger partial charge in [-0.3, -0.25) is 4.79 Å². The Labute approximate surface area is 175 Å². The predicted octanol–water partition coefficient (Wildman–Crippen LogP) is 1.44. The van der Waals surface area contributed by atoms with E-state index in [0.717, 1.165) is 4.90 Å². The Bertz CT molecular complexity index is 998. The van der Waals surface area contributed by atoms with Gasteiger partial charge in [0.1, 0.15) is 36.9 Å². The number of halogens is 2. The van der Waals surface area contributed by atoms with Gasteiger partial charge in [0, 0.05) is 25.1 Å². The van der Waals surface area contributed by atoms with Crippen molar-refractivity contribution in [2.75, 3.05) is 37.1 Å². The summed E-state index contributed by atoms with van der Waals surface area (Å²) in [5.41, 5.74) is 6.57. The van der Waals surface area contributed by atoms with Crippen molar-refractivity contribution in [3.05, 3.63) is 24.4 Å². The van der Waals surface area contributed by atoms with Gasteiger partial charge in [-0.2, -0.15) is 0 Å². The number of hydrogen-bond acceptors (Lipinski definition) is 7. The average molecular weight is 437 g/mol. The van der Waals surface area contributed by atoms with Gasteiger partial charge in [-0.05, 0) is 12.1 Å². The van der Waals surface area contributed by atoms with Gasteiger partial charge in [0.05, 0.1) is 18.7 Å². The zero-order chi connectivity index (χ0) is 22.1. The molecule has 3 N–H and O–H groups in total. The number of benzene rings is 1. The number of nitrogens with one attached hydrogen (secondary N) is 1. The number of aromatic nitrogens is 2. The van der Waals surface area contributed by atoms with E-state index in [1.54, 1.807) is 22.8 Å². The van der Waals surface area contributed by atoms with Crippen molar-refractivity contribution in [2.45, 2.75) is 25.1 Å². The van der Waals surface area contributed by atoms with Gasteiger partial charge in [-0.15, -0.1) is 0 Å². The SMILES string of the molecule is COC[C@H](Nc1ccc2c(c1)OCCn1cc(N3C(=O)OC[C@H]3C(F)F)nc1-2)C(N)=O. The summed E-state index contributed by atoms with van der Waals surface area (Å²) in [5, 5.41) is 2.99. The number of alkyl halides is 2. The van der Waals surface area contributed by atoms with Crippen LogP contribution in [0.2, 0.25) is 0 Å². The Balaban J connectivity index is 1.65. The van der Waals surface area contributed by atoms with E-state index in [0.29, 0.717) is 36.0 Å². The third-order valence-corrected chi connectivity index (χ3v) is 5.04. The number of fused-ring (bicyclic) bond motifs is 3. The Hall–Kier alpha value is -3.41. The minimum atomic E-state index is -2.76. The summed E-state index contributed by atoms with van der Waals surface area (Å²) >= 11 is 0. The number of imidazole rings is 1. The number of ether oxygens (including phenoxy) is 3. The van der Waals surface area contributed by atoms with Gasteiger partial charge in [-0.25, -0.2) is 23.5 Å². The molecule has 0 bridgehead atoms. The molecule has 0 spiro atoms. The van der Waals surface area contributed by atoms with Crippen LogP contribution in [0.3, 0.4) is 0 Å². The smallest absolute Gasteiger partial charge is 0.416 e. The minimum absolute atomic E-state index is 0.0896. The number of carbonyl (C=O) groups excluding carboxylic acids is 2. The number of amides is 2. The summed E-state index contributed by atoms with van der Waals surface area (Å²) < 4.78 is 44.0. The molecule has 0 aliphatic carbocycles. The number of rotatable bonds is 7. The van der Waals surface area contributed by atoms with Crippen LogP contribution in [0.5, 0.6) is 5.75 Å². The molecule has 2 aliphatic heterocycles. The first-order valence-corrected chi connectivity index (χ1v) is 9.52. The van der Waals surface area contributed by atoms with E-state index in [9.17, 15) is 18.4 Å². The molecule has 166 valence electrons. The number of anilines is 2. The van der Waals surface area contributed by atoms with Crippen LogP contribution in [-0.4, -0.2) is 67.0 Å². The highest BCUT2D eigenvalue weighted by Crippen LogP contribution is 2.36. The first kappa shape index (κ1) is 20.8. The second-order valence-corrected chi connectivity index (χ2v) is 7.08. The lowest BCUT2D eigenvalue weighted by molar-refractivity contribution is -0.119. The van der Waals surface area contributed by atoms with E-state index in [2.05, 4.69) is 10.3 Å². The summed E-state index contributed by atoms with van der Waals surface area (Å²) in [7, 11) is 1.46. The van der Waals surface area contributed by atoms with Gasteiger partial charge in [-0.1, -0.05) is 0 Å². The third kappa shape index (κ3) is 3.98. The maximum absolute atomic E-state index is 13.3. The van der Waals surface area contributed by atoms with Gasteiger partial charge < -0.3 is 29.8 Å². The van der Waals surface area contributed by atoms with Gasteiger partial charge >= 0.3 is 6.09 Å². The topological polar surface area (TPSA) is 121 Å². The fourth-order valence-electron chi connectivity index (χ4n) is 3.52. The van der Waals surface area contributed by atoms with Crippen LogP contribution < -0.4 is 20.7 Å². The summed E-state index contributed by atoms with van der Waals surface area (Å²) in [6.45, 7) is 0.392. The summed E-state index contributed by atoms with van der Waals surface area (Å²) in [6, 6.07) is 3.01. The highest BCUT2D eigenvalue weighted by Gasteiger charge is 2.42. The molecular weight excluding hydrogens is 416 g/mol. The average Bonchev–Trinajstić information content (AvgIpc) is 3.27. The molecule has 0 unspecified atom stereocenters. The van der Waals surface area contributed by atoms with Crippen molar-refractivity contribution in [3.8, 4) is 17.1 Å². The van der Waals surface area contributed by atoms with Crippen molar-refractivity contribution in [1.82, 2.24) is 9.55 Å². The van der Waals surface area contributed by atoms with Crippen molar-refractivity contribution >= 4 is 23.5 Å². The fourth-order valence-corrected chi connectivity index (χ4v) is 3.52. The highest BCUT2D eigenvalue weighted by molar-refractivity contribution is 5.90. The van der Waals surface area contributed by atoms with E-state index in [1.165, 1.54) is 13.3 Å². The second-order valence-electron chi connectivity index (χ2n) is 7.08. The largest absolute Gasteiger partial charge is 0.491 e. The predicted molar refractivity (Wildman–Crippen MR) is 105 cm³/mol. The van der Waals surface area contributed by atoms with E-state index < -0.39 is 37.1 Å². The first-order chi connectivity index (χ1) is 14.9. The molecule has 3 heterocycles. The monoisotopic (exact) mass is 437 g/mol. The highest BCUT2D eigenvalue weighted by atomic mass is 19.3. The second kappa shape index (κ2) is 8.38. The van der Waals surface area contributed by atoms with E-state index >= 15 is 0 Å². The molecule has 10 nitrogen and oxygen atoms in total. The molecule has 2 atom stereocenters. The number of nitrogens with zero attached hydrogens (tertiary/aromatic N) is 3. The molecular formula is C19H21F2N5O5. The maximum atomic E-state index is 13.3.